The van der Waals surface area contributed by atoms with Gasteiger partial charge in [0, 0.05) is 11.6 Å². The van der Waals surface area contributed by atoms with E-state index in [2.05, 4.69) is 0 Å². The first-order valence-corrected chi connectivity index (χ1v) is 7.39. The maximum atomic E-state index is 12.9. The van der Waals surface area contributed by atoms with Crippen LogP contribution in [0.1, 0.15) is 10.4 Å². The van der Waals surface area contributed by atoms with Crippen LogP contribution in [0.2, 0.25) is 0 Å². The topological polar surface area (TPSA) is 95.3 Å². The Labute approximate surface area is 139 Å². The van der Waals surface area contributed by atoms with E-state index in [0.717, 1.165) is 16.0 Å². The molecule has 0 aliphatic carbocycles. The van der Waals surface area contributed by atoms with E-state index in [4.69, 9.17) is 4.42 Å². The molecule has 0 bridgehead atoms. The van der Waals surface area contributed by atoms with Crippen LogP contribution in [-0.4, -0.2) is 15.4 Å². The zero-order chi connectivity index (χ0) is 17.6. The molecule has 122 valence electrons. The van der Waals surface area contributed by atoms with Gasteiger partial charge in [0.25, 0.3) is 11.6 Å². The van der Waals surface area contributed by atoms with Gasteiger partial charge in [0.2, 0.25) is 0 Å². The number of oxazole rings is 1. The number of carbonyl (C=O) groups excluding carboxylic acids is 1. The average Bonchev–Trinajstić information content (AvgIpc) is 2.95. The number of hydrogen-bond acceptors (Lipinski definition) is 5. The fourth-order valence-electron chi connectivity index (χ4n) is 2.85. The molecule has 0 N–H and O–H groups in total. The second-order valence-corrected chi connectivity index (χ2v) is 5.44. The Kier molecular flexibility index (Phi) is 3.21. The van der Waals surface area contributed by atoms with Crippen LogP contribution in [-0.2, 0) is 0 Å². The van der Waals surface area contributed by atoms with Crippen LogP contribution in [0.4, 0.5) is 5.69 Å². The Morgan fingerprint density at radius 3 is 2.60 bits per heavy atom. The largest absolute Gasteiger partial charge is 0.427 e. The highest BCUT2D eigenvalue weighted by molar-refractivity contribution is 6.10. The smallest absolute Gasteiger partial charge is 0.407 e. The highest BCUT2D eigenvalue weighted by atomic mass is 16.6. The third-order valence-corrected chi connectivity index (χ3v) is 4.00. The molecule has 7 heteroatoms. The molecule has 1 aromatic heterocycles. The van der Waals surface area contributed by atoms with Crippen LogP contribution in [0.25, 0.3) is 21.9 Å². The van der Waals surface area contributed by atoms with Gasteiger partial charge in [0.15, 0.2) is 5.58 Å². The van der Waals surface area contributed by atoms with E-state index < -0.39 is 16.6 Å². The lowest BCUT2D eigenvalue weighted by Crippen LogP contribution is -2.23. The van der Waals surface area contributed by atoms with Crippen molar-refractivity contribution in [2.24, 2.45) is 0 Å². The lowest BCUT2D eigenvalue weighted by Gasteiger charge is -2.05. The van der Waals surface area contributed by atoms with Crippen molar-refractivity contribution in [1.82, 2.24) is 4.57 Å². The Balaban J connectivity index is 1.95. The normalized spacial score (nSPS) is 11.0. The molecule has 0 spiro atoms. The second-order valence-electron chi connectivity index (χ2n) is 5.44. The first-order valence-electron chi connectivity index (χ1n) is 7.39. The molecular formula is C18H10N2O5. The molecule has 0 saturated heterocycles. The molecule has 7 nitrogen and oxygen atoms in total. The van der Waals surface area contributed by atoms with Crippen LogP contribution < -0.4 is 5.76 Å². The number of rotatable bonds is 2. The fourth-order valence-corrected chi connectivity index (χ4v) is 2.85. The van der Waals surface area contributed by atoms with E-state index in [1.807, 2.05) is 18.2 Å². The van der Waals surface area contributed by atoms with Gasteiger partial charge in [-0.3, -0.25) is 14.9 Å². The van der Waals surface area contributed by atoms with Gasteiger partial charge in [-0.1, -0.05) is 36.4 Å². The van der Waals surface area contributed by atoms with Gasteiger partial charge < -0.3 is 4.42 Å². The van der Waals surface area contributed by atoms with Crippen molar-refractivity contribution in [3.05, 3.63) is 86.9 Å². The summed E-state index contributed by atoms with van der Waals surface area (Å²) >= 11 is 0. The molecule has 4 aromatic rings. The maximum Gasteiger partial charge on any atom is 0.427 e. The number of carbonyl (C=O) groups is 1. The Hall–Kier alpha value is -3.74. The minimum atomic E-state index is -0.881. The Bertz CT molecular complexity index is 1210. The van der Waals surface area contributed by atoms with Crippen LogP contribution in [0.15, 0.2) is 69.9 Å². The van der Waals surface area contributed by atoms with E-state index in [1.54, 1.807) is 24.3 Å². The minimum absolute atomic E-state index is 0.00668. The van der Waals surface area contributed by atoms with Crippen molar-refractivity contribution in [3.8, 4) is 0 Å². The van der Waals surface area contributed by atoms with Crippen LogP contribution in [0.5, 0.6) is 0 Å². The Morgan fingerprint density at radius 2 is 1.80 bits per heavy atom. The predicted molar refractivity (Wildman–Crippen MR) is 90.8 cm³/mol. The van der Waals surface area contributed by atoms with Gasteiger partial charge >= 0.3 is 5.76 Å². The first-order chi connectivity index (χ1) is 12.1. The molecule has 0 saturated carbocycles. The van der Waals surface area contributed by atoms with E-state index in [1.165, 1.54) is 12.1 Å². The second kappa shape index (κ2) is 5.41. The maximum absolute atomic E-state index is 12.9. The summed E-state index contributed by atoms with van der Waals surface area (Å²) in [6.07, 6.45) is 0. The highest BCUT2D eigenvalue weighted by Gasteiger charge is 2.21. The minimum Gasteiger partial charge on any atom is -0.407 e. The molecule has 0 radical (unpaired) electrons. The lowest BCUT2D eigenvalue weighted by molar-refractivity contribution is -0.384. The molecule has 0 aliphatic heterocycles. The van der Waals surface area contributed by atoms with Crippen molar-refractivity contribution in [2.45, 2.75) is 0 Å². The zero-order valence-electron chi connectivity index (χ0n) is 12.7. The highest BCUT2D eigenvalue weighted by Crippen LogP contribution is 2.23. The number of non-ortho nitro benzene ring substituents is 1. The summed E-state index contributed by atoms with van der Waals surface area (Å²) in [5, 5.41) is 12.4. The van der Waals surface area contributed by atoms with Crippen molar-refractivity contribution < 1.29 is 14.1 Å². The summed E-state index contributed by atoms with van der Waals surface area (Å²) in [5.41, 5.74) is 0.314. The molecule has 0 unspecified atom stereocenters. The molecule has 1 heterocycles. The number of fused-ring (bicyclic) bond motifs is 2. The van der Waals surface area contributed by atoms with E-state index in [9.17, 15) is 19.7 Å². The van der Waals surface area contributed by atoms with Gasteiger partial charge in [-0.25, -0.2) is 9.36 Å². The fraction of sp³-hybridized carbons (Fsp3) is 0. The number of nitro benzene ring substituents is 1. The lowest BCUT2D eigenvalue weighted by atomic mass is 10.0. The third-order valence-electron chi connectivity index (χ3n) is 4.00. The number of aromatic nitrogens is 1. The van der Waals surface area contributed by atoms with Gasteiger partial charge in [-0.15, -0.1) is 0 Å². The molecule has 3 aromatic carbocycles. The van der Waals surface area contributed by atoms with Gasteiger partial charge in [-0.2, -0.15) is 0 Å². The van der Waals surface area contributed by atoms with Gasteiger partial charge in [0.05, 0.1) is 16.5 Å². The van der Waals surface area contributed by atoms with Crippen molar-refractivity contribution in [3.63, 3.8) is 0 Å². The number of nitrogens with zero attached hydrogens (tertiary/aromatic N) is 2. The molecule has 25 heavy (non-hydrogen) atoms. The van der Waals surface area contributed by atoms with Gasteiger partial charge in [-0.05, 0) is 22.9 Å². The molecular weight excluding hydrogens is 324 g/mol. The van der Waals surface area contributed by atoms with Crippen LogP contribution in [0.3, 0.4) is 0 Å². The van der Waals surface area contributed by atoms with E-state index in [-0.39, 0.29) is 16.8 Å². The van der Waals surface area contributed by atoms with Crippen LogP contribution >= 0.6 is 0 Å². The van der Waals surface area contributed by atoms with Crippen molar-refractivity contribution in [2.75, 3.05) is 0 Å². The summed E-state index contributed by atoms with van der Waals surface area (Å²) in [7, 11) is 0. The number of nitro groups is 1. The monoisotopic (exact) mass is 334 g/mol. The quantitative estimate of drug-likeness (QED) is 0.414. The van der Waals surface area contributed by atoms with E-state index in [0.29, 0.717) is 10.9 Å². The average molecular weight is 334 g/mol. The first kappa shape index (κ1) is 14.8. The summed E-state index contributed by atoms with van der Waals surface area (Å²) in [6.45, 7) is 0. The molecule has 4 rings (SSSR count). The number of benzene rings is 3. The van der Waals surface area contributed by atoms with Gasteiger partial charge in [0.1, 0.15) is 0 Å². The predicted octanol–water partition coefficient (Wildman–Crippen LogP) is 3.34. The van der Waals surface area contributed by atoms with E-state index >= 15 is 0 Å². The standard InChI is InChI=1S/C18H10N2O5/c21-17(14-7-3-5-11-4-1-2-6-13(11)14)19-15-9-8-12(20(23)24)10-16(15)25-18(19)22/h1-10H. The summed E-state index contributed by atoms with van der Waals surface area (Å²) in [6, 6.07) is 16.2. The SMILES string of the molecule is O=C(c1cccc2ccccc12)n1c(=O)oc2cc([N+](=O)[O-])ccc21. The third kappa shape index (κ3) is 2.29. The number of hydrogen-bond donors (Lipinski definition) is 0. The zero-order valence-corrected chi connectivity index (χ0v) is 12.7. The van der Waals surface area contributed by atoms with Crippen molar-refractivity contribution >= 4 is 33.5 Å². The molecule has 0 fully saturated rings. The van der Waals surface area contributed by atoms with Crippen molar-refractivity contribution in [1.29, 1.82) is 0 Å². The molecule has 0 amide bonds. The summed E-state index contributed by atoms with van der Waals surface area (Å²) in [5.74, 6) is -1.43. The Morgan fingerprint density at radius 1 is 1.04 bits per heavy atom. The summed E-state index contributed by atoms with van der Waals surface area (Å²) in [4.78, 5) is 35.4. The summed E-state index contributed by atoms with van der Waals surface area (Å²) < 4.78 is 5.92. The molecule has 0 atom stereocenters. The van der Waals surface area contributed by atoms with Crippen LogP contribution in [0, 0.1) is 10.1 Å². The molecule has 0 aliphatic rings.